The molecule has 0 unspecified atom stereocenters. The Labute approximate surface area is 212 Å². The topological polar surface area (TPSA) is 61.4 Å². The Morgan fingerprint density at radius 1 is 0.861 bits per heavy atom. The van der Waals surface area contributed by atoms with Gasteiger partial charge in [0.25, 0.3) is 5.91 Å². The van der Waals surface area contributed by atoms with Crippen molar-refractivity contribution in [2.24, 2.45) is 0 Å². The largest absolute Gasteiger partial charge is 0.350 e. The summed E-state index contributed by atoms with van der Waals surface area (Å²) < 4.78 is 0. The van der Waals surface area contributed by atoms with E-state index in [2.05, 4.69) is 34.9 Å². The minimum atomic E-state index is -0.0943. The fourth-order valence-corrected chi connectivity index (χ4v) is 4.89. The SMILES string of the molecule is O=C(NC[C@H]1CCN(CC(c2ccccc2)c2ccccc2)C(=O)CN1)c1ccc2ccccc2c1. The van der Waals surface area contributed by atoms with Crippen LogP contribution in [0.15, 0.2) is 103 Å². The molecule has 5 rings (SSSR count). The third kappa shape index (κ3) is 5.64. The van der Waals surface area contributed by atoms with Crippen LogP contribution in [0.4, 0.5) is 0 Å². The minimum absolute atomic E-state index is 0.0373. The number of carbonyl (C=O) groups excluding carboxylic acids is 2. The fourth-order valence-electron chi connectivity index (χ4n) is 4.89. The van der Waals surface area contributed by atoms with Crippen molar-refractivity contribution in [1.29, 1.82) is 0 Å². The van der Waals surface area contributed by atoms with E-state index in [1.807, 2.05) is 83.8 Å². The zero-order valence-corrected chi connectivity index (χ0v) is 20.3. The maximum atomic E-state index is 13.0. The molecule has 0 saturated carbocycles. The number of nitrogens with zero attached hydrogens (tertiary/aromatic N) is 1. The zero-order valence-electron chi connectivity index (χ0n) is 20.3. The van der Waals surface area contributed by atoms with E-state index < -0.39 is 0 Å². The molecular formula is C31H31N3O2. The lowest BCUT2D eigenvalue weighted by molar-refractivity contribution is -0.129. The van der Waals surface area contributed by atoms with Gasteiger partial charge >= 0.3 is 0 Å². The molecule has 2 amide bonds. The Kier molecular flexibility index (Phi) is 7.39. The third-order valence-electron chi connectivity index (χ3n) is 6.97. The molecule has 1 fully saturated rings. The van der Waals surface area contributed by atoms with Gasteiger partial charge in [0.15, 0.2) is 0 Å². The summed E-state index contributed by atoms with van der Waals surface area (Å²) in [6.45, 7) is 2.03. The van der Waals surface area contributed by atoms with Gasteiger partial charge in [0.1, 0.15) is 0 Å². The molecule has 1 heterocycles. The van der Waals surface area contributed by atoms with Gasteiger partial charge in [0, 0.05) is 37.2 Å². The molecule has 0 spiro atoms. The summed E-state index contributed by atoms with van der Waals surface area (Å²) in [6.07, 6.45) is 0.778. The lowest BCUT2D eigenvalue weighted by atomic mass is 9.90. The van der Waals surface area contributed by atoms with Crippen molar-refractivity contribution in [3.63, 3.8) is 0 Å². The summed E-state index contributed by atoms with van der Waals surface area (Å²) >= 11 is 0. The number of amides is 2. The van der Waals surface area contributed by atoms with Crippen LogP contribution >= 0.6 is 0 Å². The van der Waals surface area contributed by atoms with E-state index in [1.54, 1.807) is 0 Å². The molecule has 0 bridgehead atoms. The first-order valence-corrected chi connectivity index (χ1v) is 12.6. The van der Waals surface area contributed by atoms with E-state index in [4.69, 9.17) is 0 Å². The van der Waals surface area contributed by atoms with E-state index in [9.17, 15) is 9.59 Å². The van der Waals surface area contributed by atoms with E-state index >= 15 is 0 Å². The maximum absolute atomic E-state index is 13.0. The van der Waals surface area contributed by atoms with Crippen LogP contribution in [0.2, 0.25) is 0 Å². The third-order valence-corrected chi connectivity index (χ3v) is 6.97. The highest BCUT2D eigenvalue weighted by atomic mass is 16.2. The van der Waals surface area contributed by atoms with Gasteiger partial charge in [-0.2, -0.15) is 0 Å². The minimum Gasteiger partial charge on any atom is -0.350 e. The molecule has 4 aromatic carbocycles. The van der Waals surface area contributed by atoms with Gasteiger partial charge in [0.2, 0.25) is 5.91 Å². The van der Waals surface area contributed by atoms with Crippen molar-refractivity contribution < 1.29 is 9.59 Å². The van der Waals surface area contributed by atoms with Gasteiger partial charge in [-0.3, -0.25) is 9.59 Å². The van der Waals surface area contributed by atoms with Gasteiger partial charge in [-0.1, -0.05) is 91.0 Å². The number of carbonyl (C=O) groups is 2. The molecule has 1 saturated heterocycles. The van der Waals surface area contributed by atoms with Crippen molar-refractivity contribution in [2.75, 3.05) is 26.2 Å². The predicted octanol–water partition coefficient (Wildman–Crippen LogP) is 4.59. The van der Waals surface area contributed by atoms with Crippen LogP contribution in [0.1, 0.15) is 33.8 Å². The normalized spacial score (nSPS) is 16.2. The molecule has 2 N–H and O–H groups in total. The maximum Gasteiger partial charge on any atom is 0.251 e. The number of benzene rings is 4. The first-order valence-electron chi connectivity index (χ1n) is 12.6. The summed E-state index contributed by atoms with van der Waals surface area (Å²) in [4.78, 5) is 27.8. The Hall–Kier alpha value is -3.96. The van der Waals surface area contributed by atoms with Crippen LogP contribution in [-0.4, -0.2) is 48.9 Å². The zero-order chi connectivity index (χ0) is 24.7. The van der Waals surface area contributed by atoms with Crippen LogP contribution in [0, 0.1) is 0 Å². The van der Waals surface area contributed by atoms with Crippen LogP contribution in [0.5, 0.6) is 0 Å². The highest BCUT2D eigenvalue weighted by molar-refractivity contribution is 5.98. The van der Waals surface area contributed by atoms with Gasteiger partial charge in [-0.15, -0.1) is 0 Å². The number of rotatable bonds is 7. The highest BCUT2D eigenvalue weighted by Gasteiger charge is 2.26. The van der Waals surface area contributed by atoms with Gasteiger partial charge in [0.05, 0.1) is 6.54 Å². The van der Waals surface area contributed by atoms with Crippen LogP contribution in [0.3, 0.4) is 0 Å². The summed E-state index contributed by atoms with van der Waals surface area (Å²) in [5.41, 5.74) is 3.05. The molecule has 1 aliphatic rings. The second kappa shape index (κ2) is 11.2. The van der Waals surface area contributed by atoms with Crippen LogP contribution in [0.25, 0.3) is 10.8 Å². The van der Waals surface area contributed by atoms with Crippen molar-refractivity contribution in [3.05, 3.63) is 120 Å². The van der Waals surface area contributed by atoms with Gasteiger partial charge in [-0.05, 0) is 40.5 Å². The van der Waals surface area contributed by atoms with Gasteiger partial charge in [-0.25, -0.2) is 0 Å². The average Bonchev–Trinajstić information content (AvgIpc) is 3.11. The Bertz CT molecular complexity index is 1280. The molecule has 1 aliphatic heterocycles. The first kappa shape index (κ1) is 23.8. The molecule has 0 aromatic heterocycles. The van der Waals surface area contributed by atoms with Crippen molar-refractivity contribution in [2.45, 2.75) is 18.4 Å². The lowest BCUT2D eigenvalue weighted by Gasteiger charge is -2.27. The molecule has 4 aromatic rings. The molecule has 5 heteroatoms. The second-order valence-corrected chi connectivity index (χ2v) is 9.35. The van der Waals surface area contributed by atoms with E-state index in [1.165, 1.54) is 11.1 Å². The Morgan fingerprint density at radius 3 is 2.19 bits per heavy atom. The van der Waals surface area contributed by atoms with Crippen molar-refractivity contribution >= 4 is 22.6 Å². The number of hydrogen-bond donors (Lipinski definition) is 2. The molecule has 0 aliphatic carbocycles. The molecule has 36 heavy (non-hydrogen) atoms. The first-order chi connectivity index (χ1) is 17.7. The average molecular weight is 478 g/mol. The quantitative estimate of drug-likeness (QED) is 0.409. The Morgan fingerprint density at radius 2 is 1.50 bits per heavy atom. The standard InChI is InChI=1S/C31H31N3O2/c35-30-21-32-28(20-33-31(36)27-16-15-23-9-7-8-14-26(23)19-27)17-18-34(30)22-29(24-10-3-1-4-11-24)25-12-5-2-6-13-25/h1-16,19,28-29,32H,17-18,20-22H2,(H,33,36)/t28-/m1/s1. The lowest BCUT2D eigenvalue weighted by Crippen LogP contribution is -2.42. The highest BCUT2D eigenvalue weighted by Crippen LogP contribution is 2.26. The predicted molar refractivity (Wildman–Crippen MR) is 144 cm³/mol. The summed E-state index contributed by atoms with van der Waals surface area (Å²) in [5, 5.41) is 8.56. The summed E-state index contributed by atoms with van der Waals surface area (Å²) in [7, 11) is 0. The number of fused-ring (bicyclic) bond motifs is 1. The Balaban J connectivity index is 1.21. The summed E-state index contributed by atoms with van der Waals surface area (Å²) in [6, 6.07) is 34.5. The van der Waals surface area contributed by atoms with E-state index in [0.717, 1.165) is 17.2 Å². The smallest absolute Gasteiger partial charge is 0.251 e. The fraction of sp³-hybridized carbons (Fsp3) is 0.226. The number of nitrogens with one attached hydrogen (secondary N) is 2. The number of hydrogen-bond acceptors (Lipinski definition) is 3. The van der Waals surface area contributed by atoms with Crippen LogP contribution < -0.4 is 10.6 Å². The van der Waals surface area contributed by atoms with Crippen LogP contribution in [-0.2, 0) is 4.79 Å². The molecule has 1 atom stereocenters. The van der Waals surface area contributed by atoms with E-state index in [0.29, 0.717) is 25.2 Å². The second-order valence-electron chi connectivity index (χ2n) is 9.35. The van der Waals surface area contributed by atoms with Gasteiger partial charge < -0.3 is 15.5 Å². The summed E-state index contributed by atoms with van der Waals surface area (Å²) in [5.74, 6) is 0.110. The monoisotopic (exact) mass is 477 g/mol. The molecule has 182 valence electrons. The van der Waals surface area contributed by atoms with Crippen molar-refractivity contribution in [1.82, 2.24) is 15.5 Å². The molecule has 0 radical (unpaired) electrons. The molecular weight excluding hydrogens is 446 g/mol. The molecule has 5 nitrogen and oxygen atoms in total. The van der Waals surface area contributed by atoms with Crippen molar-refractivity contribution in [3.8, 4) is 0 Å². The van der Waals surface area contributed by atoms with E-state index in [-0.39, 0.29) is 30.3 Å².